The fourth-order valence-corrected chi connectivity index (χ4v) is 1.95. The summed E-state index contributed by atoms with van der Waals surface area (Å²) in [6, 6.07) is 2.13. The van der Waals surface area contributed by atoms with Gasteiger partial charge in [0.2, 0.25) is 0 Å². The first kappa shape index (κ1) is 8.75. The summed E-state index contributed by atoms with van der Waals surface area (Å²) in [5.41, 5.74) is 1.24. The molecule has 2 rings (SSSR count). The predicted molar refractivity (Wildman–Crippen MR) is 52.5 cm³/mol. The van der Waals surface area contributed by atoms with E-state index in [4.69, 9.17) is 0 Å². The van der Waals surface area contributed by atoms with Gasteiger partial charge in [-0.05, 0) is 44.3 Å². The zero-order valence-electron chi connectivity index (χ0n) is 8.16. The van der Waals surface area contributed by atoms with E-state index in [1.54, 1.807) is 0 Å². The molecule has 72 valence electrons. The van der Waals surface area contributed by atoms with Gasteiger partial charge in [0.25, 0.3) is 0 Å². The Kier molecular flexibility index (Phi) is 2.64. The standard InChI is InChI=1S/C10H17N3/c1-13-7-4-10(12-13)8-9-2-5-11-6-3-9/h4,7,9,11H,2-3,5-6,8H2,1H3. The van der Waals surface area contributed by atoms with E-state index in [1.807, 2.05) is 17.9 Å². The van der Waals surface area contributed by atoms with Crippen molar-refractivity contribution in [3.05, 3.63) is 18.0 Å². The predicted octanol–water partition coefficient (Wildman–Crippen LogP) is 0.962. The number of hydrogen-bond acceptors (Lipinski definition) is 2. The van der Waals surface area contributed by atoms with Crippen LogP contribution in [0.25, 0.3) is 0 Å². The number of aromatic nitrogens is 2. The number of hydrogen-bond donors (Lipinski definition) is 1. The maximum absolute atomic E-state index is 4.40. The van der Waals surface area contributed by atoms with E-state index in [1.165, 1.54) is 31.6 Å². The molecule has 3 heteroatoms. The van der Waals surface area contributed by atoms with Gasteiger partial charge in [-0.2, -0.15) is 5.10 Å². The fraction of sp³-hybridized carbons (Fsp3) is 0.700. The molecular formula is C10H17N3. The highest BCUT2D eigenvalue weighted by Gasteiger charge is 2.14. The molecule has 0 saturated carbocycles. The number of piperidine rings is 1. The molecule has 1 N–H and O–H groups in total. The Bertz CT molecular complexity index is 261. The first-order valence-corrected chi connectivity index (χ1v) is 5.04. The van der Waals surface area contributed by atoms with Crippen LogP contribution in [0.1, 0.15) is 18.5 Å². The van der Waals surface area contributed by atoms with Crippen molar-refractivity contribution in [3.63, 3.8) is 0 Å². The van der Waals surface area contributed by atoms with Gasteiger partial charge in [0.05, 0.1) is 5.69 Å². The largest absolute Gasteiger partial charge is 0.317 e. The van der Waals surface area contributed by atoms with Gasteiger partial charge < -0.3 is 5.32 Å². The van der Waals surface area contributed by atoms with Crippen molar-refractivity contribution >= 4 is 0 Å². The molecule has 1 aromatic rings. The first-order chi connectivity index (χ1) is 6.34. The summed E-state index contributed by atoms with van der Waals surface area (Å²) >= 11 is 0. The molecule has 3 nitrogen and oxygen atoms in total. The Labute approximate surface area is 79.1 Å². The second kappa shape index (κ2) is 3.92. The van der Waals surface area contributed by atoms with E-state index >= 15 is 0 Å². The van der Waals surface area contributed by atoms with Gasteiger partial charge in [0, 0.05) is 13.2 Å². The smallest absolute Gasteiger partial charge is 0.0627 e. The van der Waals surface area contributed by atoms with Crippen molar-refractivity contribution in [2.75, 3.05) is 13.1 Å². The molecule has 0 unspecified atom stereocenters. The average molecular weight is 179 g/mol. The highest BCUT2D eigenvalue weighted by atomic mass is 15.2. The summed E-state index contributed by atoms with van der Waals surface area (Å²) in [5.74, 6) is 0.844. The summed E-state index contributed by atoms with van der Waals surface area (Å²) < 4.78 is 1.89. The molecule has 1 saturated heterocycles. The molecule has 0 atom stereocenters. The van der Waals surface area contributed by atoms with Gasteiger partial charge in [-0.25, -0.2) is 0 Å². The Morgan fingerprint density at radius 2 is 2.31 bits per heavy atom. The maximum Gasteiger partial charge on any atom is 0.0627 e. The summed E-state index contributed by atoms with van der Waals surface area (Å²) in [5, 5.41) is 7.78. The molecule has 1 aliphatic rings. The van der Waals surface area contributed by atoms with E-state index in [-0.39, 0.29) is 0 Å². The number of nitrogens with zero attached hydrogens (tertiary/aromatic N) is 2. The molecule has 0 spiro atoms. The molecule has 13 heavy (non-hydrogen) atoms. The fourth-order valence-electron chi connectivity index (χ4n) is 1.95. The molecule has 0 aliphatic carbocycles. The van der Waals surface area contributed by atoms with Crippen molar-refractivity contribution in [2.24, 2.45) is 13.0 Å². The van der Waals surface area contributed by atoms with E-state index in [0.717, 1.165) is 12.3 Å². The van der Waals surface area contributed by atoms with Crippen LogP contribution in [0.4, 0.5) is 0 Å². The van der Waals surface area contributed by atoms with Crippen LogP contribution in [0.5, 0.6) is 0 Å². The SMILES string of the molecule is Cn1ccc(CC2CCNCC2)n1. The molecule has 0 amide bonds. The number of aryl methyl sites for hydroxylation is 1. The number of rotatable bonds is 2. The Balaban J connectivity index is 1.89. The molecule has 0 radical (unpaired) electrons. The van der Waals surface area contributed by atoms with Crippen LogP contribution in [0.15, 0.2) is 12.3 Å². The first-order valence-electron chi connectivity index (χ1n) is 5.04. The average Bonchev–Trinajstić information content (AvgIpc) is 2.53. The lowest BCUT2D eigenvalue weighted by Gasteiger charge is -2.21. The van der Waals surface area contributed by atoms with Gasteiger partial charge in [0.1, 0.15) is 0 Å². The van der Waals surface area contributed by atoms with Crippen LogP contribution >= 0.6 is 0 Å². The molecule has 1 aliphatic heterocycles. The molecule has 0 aromatic carbocycles. The molecular weight excluding hydrogens is 162 g/mol. The normalized spacial score (nSPS) is 19.2. The van der Waals surface area contributed by atoms with Crippen molar-refractivity contribution in [1.82, 2.24) is 15.1 Å². The zero-order valence-corrected chi connectivity index (χ0v) is 8.16. The topological polar surface area (TPSA) is 29.9 Å². The minimum Gasteiger partial charge on any atom is -0.317 e. The lowest BCUT2D eigenvalue weighted by molar-refractivity contribution is 0.369. The van der Waals surface area contributed by atoms with E-state index in [0.29, 0.717) is 0 Å². The third-order valence-electron chi connectivity index (χ3n) is 2.73. The van der Waals surface area contributed by atoms with E-state index in [9.17, 15) is 0 Å². The van der Waals surface area contributed by atoms with Crippen molar-refractivity contribution in [1.29, 1.82) is 0 Å². The maximum atomic E-state index is 4.40. The quantitative estimate of drug-likeness (QED) is 0.733. The summed E-state index contributed by atoms with van der Waals surface area (Å²) in [4.78, 5) is 0. The van der Waals surface area contributed by atoms with Crippen LogP contribution in [0.2, 0.25) is 0 Å². The van der Waals surface area contributed by atoms with Crippen molar-refractivity contribution in [3.8, 4) is 0 Å². The van der Waals surface area contributed by atoms with Gasteiger partial charge in [0.15, 0.2) is 0 Å². The monoisotopic (exact) mass is 179 g/mol. The minimum absolute atomic E-state index is 0.844. The van der Waals surface area contributed by atoms with Crippen molar-refractivity contribution < 1.29 is 0 Å². The van der Waals surface area contributed by atoms with Crippen molar-refractivity contribution in [2.45, 2.75) is 19.3 Å². The van der Waals surface area contributed by atoms with E-state index in [2.05, 4.69) is 16.5 Å². The summed E-state index contributed by atoms with van der Waals surface area (Å²) in [7, 11) is 1.98. The third-order valence-corrected chi connectivity index (χ3v) is 2.73. The third kappa shape index (κ3) is 2.31. The Morgan fingerprint density at radius 3 is 2.92 bits per heavy atom. The highest BCUT2D eigenvalue weighted by Crippen LogP contribution is 2.16. The van der Waals surface area contributed by atoms with Gasteiger partial charge in [-0.15, -0.1) is 0 Å². The van der Waals surface area contributed by atoms with Crippen LogP contribution in [0, 0.1) is 5.92 Å². The summed E-state index contributed by atoms with van der Waals surface area (Å²) in [6.07, 6.45) is 5.78. The van der Waals surface area contributed by atoms with Crippen LogP contribution in [-0.4, -0.2) is 22.9 Å². The minimum atomic E-state index is 0.844. The van der Waals surface area contributed by atoms with Crippen LogP contribution < -0.4 is 5.32 Å². The lowest BCUT2D eigenvalue weighted by Crippen LogP contribution is -2.28. The Hall–Kier alpha value is -0.830. The molecule has 1 aromatic heterocycles. The zero-order chi connectivity index (χ0) is 9.10. The van der Waals surface area contributed by atoms with Crippen LogP contribution in [-0.2, 0) is 13.5 Å². The highest BCUT2D eigenvalue weighted by molar-refractivity contribution is 5.00. The van der Waals surface area contributed by atoms with Gasteiger partial charge >= 0.3 is 0 Å². The van der Waals surface area contributed by atoms with E-state index < -0.39 is 0 Å². The Morgan fingerprint density at radius 1 is 1.54 bits per heavy atom. The number of nitrogens with one attached hydrogen (secondary N) is 1. The second-order valence-electron chi connectivity index (χ2n) is 3.88. The van der Waals surface area contributed by atoms with Crippen LogP contribution in [0.3, 0.4) is 0 Å². The molecule has 2 heterocycles. The van der Waals surface area contributed by atoms with Gasteiger partial charge in [-0.3, -0.25) is 4.68 Å². The molecule has 0 bridgehead atoms. The second-order valence-corrected chi connectivity index (χ2v) is 3.88. The lowest BCUT2D eigenvalue weighted by atomic mass is 9.93. The summed E-state index contributed by atoms with van der Waals surface area (Å²) in [6.45, 7) is 2.36. The van der Waals surface area contributed by atoms with Gasteiger partial charge in [-0.1, -0.05) is 0 Å². The molecule has 1 fully saturated rings.